The molecule has 3 rings (SSSR count). The van der Waals surface area contributed by atoms with E-state index in [1.165, 1.54) is 0 Å². The highest BCUT2D eigenvalue weighted by molar-refractivity contribution is 6.06. The zero-order valence-electron chi connectivity index (χ0n) is 10.2. The normalized spacial score (nSPS) is 10.7. The van der Waals surface area contributed by atoms with Gasteiger partial charge in [0.15, 0.2) is 0 Å². The van der Waals surface area contributed by atoms with Gasteiger partial charge < -0.3 is 16.5 Å². The summed E-state index contributed by atoms with van der Waals surface area (Å²) in [6.07, 6.45) is 0. The predicted octanol–water partition coefficient (Wildman–Crippen LogP) is 2.52. The topological polar surface area (TPSA) is 84.9 Å². The molecular formula is C15H13N3O. The highest BCUT2D eigenvalue weighted by Gasteiger charge is 2.10. The number of nitrogen functional groups attached to an aromatic ring is 1. The summed E-state index contributed by atoms with van der Waals surface area (Å²) in [7, 11) is 0. The Morgan fingerprint density at radius 2 is 1.79 bits per heavy atom. The fourth-order valence-electron chi connectivity index (χ4n) is 2.19. The second kappa shape index (κ2) is 4.17. The molecule has 0 aliphatic carbocycles. The Kier molecular flexibility index (Phi) is 2.49. The van der Waals surface area contributed by atoms with Gasteiger partial charge in [-0.05, 0) is 35.9 Å². The van der Waals surface area contributed by atoms with Crippen molar-refractivity contribution in [2.45, 2.75) is 0 Å². The molecule has 1 amide bonds. The summed E-state index contributed by atoms with van der Waals surface area (Å²) in [4.78, 5) is 14.7. The standard InChI is InChI=1S/C15H13N3O/c16-10-6-4-9(5-7-10)14-8-12-11(15(17)19)2-1-3-13(12)18-14/h1-8,18H,16H2,(H2,17,19). The largest absolute Gasteiger partial charge is 0.399 e. The van der Waals surface area contributed by atoms with Gasteiger partial charge in [0, 0.05) is 27.8 Å². The molecule has 0 radical (unpaired) electrons. The quantitative estimate of drug-likeness (QED) is 0.611. The van der Waals surface area contributed by atoms with E-state index in [2.05, 4.69) is 4.98 Å². The molecule has 5 N–H and O–H groups in total. The van der Waals surface area contributed by atoms with Gasteiger partial charge in [-0.25, -0.2) is 0 Å². The van der Waals surface area contributed by atoms with Crippen molar-refractivity contribution in [3.8, 4) is 11.3 Å². The molecule has 0 unspecified atom stereocenters. The number of hydrogen-bond donors (Lipinski definition) is 3. The van der Waals surface area contributed by atoms with Crippen LogP contribution in [-0.4, -0.2) is 10.9 Å². The lowest BCUT2D eigenvalue weighted by molar-refractivity contribution is 0.100. The SMILES string of the molecule is NC(=O)c1cccc2[nH]c(-c3ccc(N)cc3)cc12. The summed E-state index contributed by atoms with van der Waals surface area (Å²) in [6, 6.07) is 14.9. The molecule has 0 bridgehead atoms. The number of fused-ring (bicyclic) bond motifs is 1. The zero-order chi connectivity index (χ0) is 13.4. The van der Waals surface area contributed by atoms with Crippen LogP contribution in [0.4, 0.5) is 5.69 Å². The van der Waals surface area contributed by atoms with Crippen LogP contribution in [0, 0.1) is 0 Å². The lowest BCUT2D eigenvalue weighted by atomic mass is 10.1. The first-order chi connectivity index (χ1) is 9.15. The Morgan fingerprint density at radius 1 is 1.05 bits per heavy atom. The number of anilines is 1. The Hall–Kier alpha value is -2.75. The third-order valence-electron chi connectivity index (χ3n) is 3.15. The van der Waals surface area contributed by atoms with Crippen molar-refractivity contribution in [1.29, 1.82) is 0 Å². The Labute approximate surface area is 110 Å². The number of rotatable bonds is 2. The first-order valence-electron chi connectivity index (χ1n) is 5.92. The van der Waals surface area contributed by atoms with Crippen LogP contribution in [0.5, 0.6) is 0 Å². The lowest BCUT2D eigenvalue weighted by Crippen LogP contribution is -2.10. The summed E-state index contributed by atoms with van der Waals surface area (Å²) >= 11 is 0. The lowest BCUT2D eigenvalue weighted by Gasteiger charge is -1.97. The van der Waals surface area contributed by atoms with Gasteiger partial charge in [0.2, 0.25) is 5.91 Å². The number of carbonyl (C=O) groups excluding carboxylic acids is 1. The third kappa shape index (κ3) is 1.93. The first-order valence-corrected chi connectivity index (χ1v) is 5.92. The number of primary amides is 1. The molecule has 3 aromatic rings. The summed E-state index contributed by atoms with van der Waals surface area (Å²) in [5.41, 5.74) is 15.1. The molecule has 1 heterocycles. The molecule has 4 nitrogen and oxygen atoms in total. The number of H-pyrrole nitrogens is 1. The first kappa shape index (κ1) is 11.3. The third-order valence-corrected chi connectivity index (χ3v) is 3.15. The highest BCUT2D eigenvalue weighted by Crippen LogP contribution is 2.26. The average Bonchev–Trinajstić information content (AvgIpc) is 2.82. The van der Waals surface area contributed by atoms with Gasteiger partial charge in [0.05, 0.1) is 0 Å². The summed E-state index contributed by atoms with van der Waals surface area (Å²) in [5, 5.41) is 0.835. The maximum Gasteiger partial charge on any atom is 0.249 e. The van der Waals surface area contributed by atoms with Crippen molar-refractivity contribution in [1.82, 2.24) is 4.98 Å². The molecule has 1 aromatic heterocycles. The zero-order valence-corrected chi connectivity index (χ0v) is 10.2. The van der Waals surface area contributed by atoms with Gasteiger partial charge in [-0.1, -0.05) is 18.2 Å². The molecule has 19 heavy (non-hydrogen) atoms. The molecule has 0 aliphatic heterocycles. The van der Waals surface area contributed by atoms with E-state index < -0.39 is 5.91 Å². The van der Waals surface area contributed by atoms with E-state index in [0.29, 0.717) is 5.56 Å². The minimum atomic E-state index is -0.423. The highest BCUT2D eigenvalue weighted by atomic mass is 16.1. The Morgan fingerprint density at radius 3 is 2.47 bits per heavy atom. The summed E-state index contributed by atoms with van der Waals surface area (Å²) in [6.45, 7) is 0. The molecule has 94 valence electrons. The van der Waals surface area contributed by atoms with Gasteiger partial charge in [0.25, 0.3) is 0 Å². The molecule has 4 heteroatoms. The van der Waals surface area contributed by atoms with E-state index in [9.17, 15) is 4.79 Å². The summed E-state index contributed by atoms with van der Waals surface area (Å²) < 4.78 is 0. The van der Waals surface area contributed by atoms with E-state index >= 15 is 0 Å². The van der Waals surface area contributed by atoms with Gasteiger partial charge in [-0.15, -0.1) is 0 Å². The number of amides is 1. The van der Waals surface area contributed by atoms with Crippen molar-refractivity contribution >= 4 is 22.5 Å². The van der Waals surface area contributed by atoms with Crippen LogP contribution >= 0.6 is 0 Å². The second-order valence-corrected chi connectivity index (χ2v) is 4.44. The second-order valence-electron chi connectivity index (χ2n) is 4.44. The van der Waals surface area contributed by atoms with Crippen LogP contribution in [0.25, 0.3) is 22.2 Å². The van der Waals surface area contributed by atoms with E-state index in [-0.39, 0.29) is 0 Å². The van der Waals surface area contributed by atoms with Crippen LogP contribution in [0.2, 0.25) is 0 Å². The van der Waals surface area contributed by atoms with Crippen molar-refractivity contribution in [2.75, 3.05) is 5.73 Å². The smallest absolute Gasteiger partial charge is 0.249 e. The van der Waals surface area contributed by atoms with Crippen LogP contribution < -0.4 is 11.5 Å². The summed E-state index contributed by atoms with van der Waals surface area (Å²) in [5.74, 6) is -0.423. The number of hydrogen-bond acceptors (Lipinski definition) is 2. The van der Waals surface area contributed by atoms with E-state index in [4.69, 9.17) is 11.5 Å². The maximum absolute atomic E-state index is 11.4. The number of nitrogens with one attached hydrogen (secondary N) is 1. The molecule has 0 saturated carbocycles. The molecule has 2 aromatic carbocycles. The average molecular weight is 251 g/mol. The van der Waals surface area contributed by atoms with Crippen LogP contribution in [0.1, 0.15) is 10.4 Å². The van der Waals surface area contributed by atoms with Crippen molar-refractivity contribution in [3.05, 3.63) is 54.1 Å². The number of carbonyl (C=O) groups is 1. The van der Waals surface area contributed by atoms with Crippen LogP contribution in [0.3, 0.4) is 0 Å². The fraction of sp³-hybridized carbons (Fsp3) is 0. The van der Waals surface area contributed by atoms with Crippen LogP contribution in [-0.2, 0) is 0 Å². The number of nitrogens with two attached hydrogens (primary N) is 2. The van der Waals surface area contributed by atoms with Gasteiger partial charge in [-0.3, -0.25) is 4.79 Å². The monoisotopic (exact) mass is 251 g/mol. The Balaban J connectivity index is 2.19. The minimum Gasteiger partial charge on any atom is -0.399 e. The van der Waals surface area contributed by atoms with Crippen molar-refractivity contribution < 1.29 is 4.79 Å². The molecule has 0 aliphatic rings. The minimum absolute atomic E-state index is 0.423. The fourth-order valence-corrected chi connectivity index (χ4v) is 2.19. The van der Waals surface area contributed by atoms with Crippen molar-refractivity contribution in [2.24, 2.45) is 5.73 Å². The van der Waals surface area contributed by atoms with Crippen LogP contribution in [0.15, 0.2) is 48.5 Å². The predicted molar refractivity (Wildman–Crippen MR) is 76.7 cm³/mol. The molecule has 0 spiro atoms. The van der Waals surface area contributed by atoms with Gasteiger partial charge >= 0.3 is 0 Å². The maximum atomic E-state index is 11.4. The number of aromatic nitrogens is 1. The van der Waals surface area contributed by atoms with Crippen molar-refractivity contribution in [3.63, 3.8) is 0 Å². The molecule has 0 atom stereocenters. The number of benzene rings is 2. The molecular weight excluding hydrogens is 238 g/mol. The Bertz CT molecular complexity index is 757. The van der Waals surface area contributed by atoms with E-state index in [0.717, 1.165) is 27.8 Å². The van der Waals surface area contributed by atoms with E-state index in [1.807, 2.05) is 42.5 Å². The molecule has 0 saturated heterocycles. The van der Waals surface area contributed by atoms with Gasteiger partial charge in [0.1, 0.15) is 0 Å². The number of aromatic amines is 1. The van der Waals surface area contributed by atoms with Gasteiger partial charge in [-0.2, -0.15) is 0 Å². The van der Waals surface area contributed by atoms with E-state index in [1.54, 1.807) is 6.07 Å². The molecule has 0 fully saturated rings.